The van der Waals surface area contributed by atoms with Gasteiger partial charge in [0.05, 0.1) is 18.6 Å². The van der Waals surface area contributed by atoms with Gasteiger partial charge in [0.2, 0.25) is 5.91 Å². The highest BCUT2D eigenvalue weighted by Gasteiger charge is 2.13. The van der Waals surface area contributed by atoms with Gasteiger partial charge in [0, 0.05) is 12.6 Å². The van der Waals surface area contributed by atoms with Gasteiger partial charge in [0.1, 0.15) is 5.75 Å². The highest BCUT2D eigenvalue weighted by atomic mass is 32.2. The summed E-state index contributed by atoms with van der Waals surface area (Å²) in [6.45, 7) is 0. The maximum absolute atomic E-state index is 12.2. The number of thioether (sulfide) groups is 1. The van der Waals surface area contributed by atoms with Gasteiger partial charge in [0.15, 0.2) is 11.0 Å². The Balaban J connectivity index is 1.64. The SMILES string of the molecule is COc1ccccc1NC(=O)CSc1nnc(-c2ccccc2)n1C. The molecule has 0 radical (unpaired) electrons. The summed E-state index contributed by atoms with van der Waals surface area (Å²) in [6.07, 6.45) is 0. The van der Waals surface area contributed by atoms with Gasteiger partial charge in [-0.15, -0.1) is 10.2 Å². The number of hydrogen-bond acceptors (Lipinski definition) is 5. The summed E-state index contributed by atoms with van der Waals surface area (Å²) in [6, 6.07) is 17.1. The van der Waals surface area contributed by atoms with Gasteiger partial charge in [-0.3, -0.25) is 4.79 Å². The molecule has 1 aromatic heterocycles. The molecule has 1 N–H and O–H groups in total. The molecule has 1 heterocycles. The molecule has 6 nitrogen and oxygen atoms in total. The predicted molar refractivity (Wildman–Crippen MR) is 98.8 cm³/mol. The van der Waals surface area contributed by atoms with Crippen LogP contribution in [0, 0.1) is 0 Å². The number of rotatable bonds is 6. The van der Waals surface area contributed by atoms with E-state index in [1.807, 2.05) is 54.1 Å². The van der Waals surface area contributed by atoms with Crippen molar-refractivity contribution < 1.29 is 9.53 Å². The second kappa shape index (κ2) is 7.85. The molecule has 25 heavy (non-hydrogen) atoms. The van der Waals surface area contributed by atoms with E-state index in [9.17, 15) is 4.79 Å². The fourth-order valence-corrected chi connectivity index (χ4v) is 3.05. The first-order valence-electron chi connectivity index (χ1n) is 7.69. The summed E-state index contributed by atoms with van der Waals surface area (Å²) in [5.41, 5.74) is 1.64. The van der Waals surface area contributed by atoms with E-state index < -0.39 is 0 Å². The van der Waals surface area contributed by atoms with Crippen molar-refractivity contribution in [2.75, 3.05) is 18.2 Å². The van der Waals surface area contributed by atoms with E-state index in [1.54, 1.807) is 19.2 Å². The van der Waals surface area contributed by atoms with E-state index in [1.165, 1.54) is 11.8 Å². The Labute approximate surface area is 150 Å². The van der Waals surface area contributed by atoms with Crippen LogP contribution in [0.15, 0.2) is 59.8 Å². The number of carbonyl (C=O) groups is 1. The number of ether oxygens (including phenoxy) is 1. The average Bonchev–Trinajstić information content (AvgIpc) is 3.02. The summed E-state index contributed by atoms with van der Waals surface area (Å²) in [5, 5.41) is 11.9. The number of aromatic nitrogens is 3. The highest BCUT2D eigenvalue weighted by molar-refractivity contribution is 7.99. The van der Waals surface area contributed by atoms with Crippen LogP contribution in [0.2, 0.25) is 0 Å². The molecule has 3 rings (SSSR count). The molecular formula is C18H18N4O2S. The molecule has 0 unspecified atom stereocenters. The first-order chi connectivity index (χ1) is 12.2. The molecule has 1 amide bonds. The summed E-state index contributed by atoms with van der Waals surface area (Å²) < 4.78 is 7.12. The Morgan fingerprint density at radius 3 is 2.60 bits per heavy atom. The van der Waals surface area contributed by atoms with E-state index in [-0.39, 0.29) is 11.7 Å². The second-order valence-corrected chi connectivity index (χ2v) is 6.21. The number of nitrogens with one attached hydrogen (secondary N) is 1. The highest BCUT2D eigenvalue weighted by Crippen LogP contribution is 2.25. The second-order valence-electron chi connectivity index (χ2n) is 5.27. The van der Waals surface area contributed by atoms with Crippen LogP contribution in [0.25, 0.3) is 11.4 Å². The van der Waals surface area contributed by atoms with Crippen molar-refractivity contribution in [2.45, 2.75) is 5.16 Å². The number of benzene rings is 2. The predicted octanol–water partition coefficient (Wildman–Crippen LogP) is 3.22. The zero-order valence-corrected chi connectivity index (χ0v) is 14.8. The molecule has 0 spiro atoms. The van der Waals surface area contributed by atoms with Crippen molar-refractivity contribution >= 4 is 23.4 Å². The lowest BCUT2D eigenvalue weighted by Gasteiger charge is -2.09. The van der Waals surface area contributed by atoms with Crippen molar-refractivity contribution in [3.63, 3.8) is 0 Å². The van der Waals surface area contributed by atoms with E-state index in [0.717, 1.165) is 11.4 Å². The van der Waals surface area contributed by atoms with Crippen molar-refractivity contribution in [3.05, 3.63) is 54.6 Å². The van der Waals surface area contributed by atoms with Gasteiger partial charge in [0.25, 0.3) is 0 Å². The molecule has 0 saturated carbocycles. The maximum atomic E-state index is 12.2. The number of amides is 1. The fourth-order valence-electron chi connectivity index (χ4n) is 2.34. The van der Waals surface area contributed by atoms with Gasteiger partial charge >= 0.3 is 0 Å². The fraction of sp³-hybridized carbons (Fsp3) is 0.167. The number of carbonyl (C=O) groups excluding carboxylic acids is 1. The average molecular weight is 354 g/mol. The first-order valence-corrected chi connectivity index (χ1v) is 8.68. The lowest BCUT2D eigenvalue weighted by atomic mass is 10.2. The van der Waals surface area contributed by atoms with Crippen LogP contribution < -0.4 is 10.1 Å². The van der Waals surface area contributed by atoms with Gasteiger partial charge in [-0.25, -0.2) is 0 Å². The molecule has 0 aliphatic rings. The summed E-state index contributed by atoms with van der Waals surface area (Å²) in [5.74, 6) is 1.51. The Morgan fingerprint density at radius 2 is 1.84 bits per heavy atom. The molecule has 0 aliphatic heterocycles. The van der Waals surface area contributed by atoms with E-state index >= 15 is 0 Å². The van der Waals surface area contributed by atoms with Crippen molar-refractivity contribution in [3.8, 4) is 17.1 Å². The van der Waals surface area contributed by atoms with Crippen LogP contribution in [-0.2, 0) is 11.8 Å². The van der Waals surface area contributed by atoms with Gasteiger partial charge in [-0.2, -0.15) is 0 Å². The lowest BCUT2D eigenvalue weighted by molar-refractivity contribution is -0.113. The third kappa shape index (κ3) is 4.00. The lowest BCUT2D eigenvalue weighted by Crippen LogP contribution is -2.15. The largest absolute Gasteiger partial charge is 0.495 e. The molecule has 0 fully saturated rings. The molecule has 0 atom stereocenters. The molecule has 0 aliphatic carbocycles. The van der Waals surface area contributed by atoms with Crippen LogP contribution in [0.4, 0.5) is 5.69 Å². The van der Waals surface area contributed by atoms with Gasteiger partial charge in [-0.05, 0) is 12.1 Å². The van der Waals surface area contributed by atoms with Gasteiger partial charge in [-0.1, -0.05) is 54.2 Å². The summed E-state index contributed by atoms with van der Waals surface area (Å²) in [4.78, 5) is 12.2. The molecular weight excluding hydrogens is 336 g/mol. The van der Waals surface area contributed by atoms with Crippen molar-refractivity contribution in [2.24, 2.45) is 7.05 Å². The third-order valence-corrected chi connectivity index (χ3v) is 4.60. The quantitative estimate of drug-likeness (QED) is 0.688. The molecule has 128 valence electrons. The third-order valence-electron chi connectivity index (χ3n) is 3.58. The van der Waals surface area contributed by atoms with Gasteiger partial charge < -0.3 is 14.6 Å². The minimum atomic E-state index is -0.126. The normalized spacial score (nSPS) is 10.5. The number of anilines is 1. The molecule has 2 aromatic carbocycles. The van der Waals surface area contributed by atoms with Crippen LogP contribution in [-0.4, -0.2) is 33.5 Å². The number of hydrogen-bond donors (Lipinski definition) is 1. The molecule has 0 bridgehead atoms. The standard InChI is InChI=1S/C18H18N4O2S/c1-22-17(13-8-4-3-5-9-13)20-21-18(22)25-12-16(23)19-14-10-6-7-11-15(14)24-2/h3-11H,12H2,1-2H3,(H,19,23). The summed E-state index contributed by atoms with van der Waals surface area (Å²) >= 11 is 1.34. The molecule has 3 aromatic rings. The Hall–Kier alpha value is -2.80. The van der Waals surface area contributed by atoms with Crippen LogP contribution >= 0.6 is 11.8 Å². The molecule has 7 heteroatoms. The molecule has 0 saturated heterocycles. The number of para-hydroxylation sites is 2. The maximum Gasteiger partial charge on any atom is 0.234 e. The zero-order valence-electron chi connectivity index (χ0n) is 14.0. The van der Waals surface area contributed by atoms with Crippen LogP contribution in [0.5, 0.6) is 5.75 Å². The smallest absolute Gasteiger partial charge is 0.234 e. The topological polar surface area (TPSA) is 69.0 Å². The Morgan fingerprint density at radius 1 is 1.12 bits per heavy atom. The van der Waals surface area contributed by atoms with Crippen molar-refractivity contribution in [1.82, 2.24) is 14.8 Å². The first kappa shape index (κ1) is 17.0. The van der Waals surface area contributed by atoms with Crippen molar-refractivity contribution in [1.29, 1.82) is 0 Å². The zero-order chi connectivity index (χ0) is 17.6. The van der Waals surface area contributed by atoms with Crippen LogP contribution in [0.3, 0.4) is 0 Å². The van der Waals surface area contributed by atoms with E-state index in [0.29, 0.717) is 16.6 Å². The minimum absolute atomic E-state index is 0.126. The van der Waals surface area contributed by atoms with E-state index in [2.05, 4.69) is 15.5 Å². The Kier molecular flexibility index (Phi) is 5.35. The number of nitrogens with zero attached hydrogens (tertiary/aromatic N) is 3. The monoisotopic (exact) mass is 354 g/mol. The minimum Gasteiger partial charge on any atom is -0.495 e. The Bertz CT molecular complexity index is 865. The van der Waals surface area contributed by atoms with Crippen LogP contribution in [0.1, 0.15) is 0 Å². The number of methoxy groups -OCH3 is 1. The summed E-state index contributed by atoms with van der Waals surface area (Å²) in [7, 11) is 3.47. The van der Waals surface area contributed by atoms with E-state index in [4.69, 9.17) is 4.74 Å².